The van der Waals surface area contributed by atoms with Crippen molar-refractivity contribution in [1.29, 1.82) is 0 Å². The van der Waals surface area contributed by atoms with Gasteiger partial charge < -0.3 is 34.9 Å². The standard InChI is InChI=1S/C22H36N4O8/c1-22(2,3)34-21(28)25-9-8-23-10-12-31-14-16-33-17-15-32-13-11-24-20(27)18-4-6-19(7-5-18)26(29)30/h4-7,23H,8-17H2,1-3H3,(H,24,27)(H,25,28). The molecule has 192 valence electrons. The Morgan fingerprint density at radius 3 is 1.94 bits per heavy atom. The Morgan fingerprint density at radius 2 is 1.38 bits per heavy atom. The molecular formula is C22H36N4O8. The second-order valence-electron chi connectivity index (χ2n) is 8.08. The van der Waals surface area contributed by atoms with E-state index in [4.69, 9.17) is 18.9 Å². The van der Waals surface area contributed by atoms with Crippen LogP contribution in [0.15, 0.2) is 24.3 Å². The van der Waals surface area contributed by atoms with Crippen LogP contribution in [0.5, 0.6) is 0 Å². The highest BCUT2D eigenvalue weighted by Crippen LogP contribution is 2.11. The largest absolute Gasteiger partial charge is 0.444 e. The highest BCUT2D eigenvalue weighted by molar-refractivity contribution is 5.94. The molecule has 0 heterocycles. The first-order valence-corrected chi connectivity index (χ1v) is 11.1. The zero-order valence-electron chi connectivity index (χ0n) is 20.1. The third kappa shape index (κ3) is 15.1. The van der Waals surface area contributed by atoms with Gasteiger partial charge in [0.2, 0.25) is 0 Å². The molecule has 12 nitrogen and oxygen atoms in total. The van der Waals surface area contributed by atoms with E-state index >= 15 is 0 Å². The number of alkyl carbamates (subject to hydrolysis) is 1. The lowest BCUT2D eigenvalue weighted by molar-refractivity contribution is -0.384. The lowest BCUT2D eigenvalue weighted by atomic mass is 10.2. The van der Waals surface area contributed by atoms with Crippen LogP contribution >= 0.6 is 0 Å². The number of nitrogens with one attached hydrogen (secondary N) is 3. The fourth-order valence-corrected chi connectivity index (χ4v) is 2.45. The Labute approximate surface area is 199 Å². The Bertz CT molecular complexity index is 737. The van der Waals surface area contributed by atoms with Crippen molar-refractivity contribution in [2.75, 3.05) is 65.8 Å². The Morgan fingerprint density at radius 1 is 0.824 bits per heavy atom. The van der Waals surface area contributed by atoms with Crippen molar-refractivity contribution >= 4 is 17.7 Å². The Balaban J connectivity index is 1.85. The number of hydrogen-bond donors (Lipinski definition) is 3. The number of ether oxygens (including phenoxy) is 4. The summed E-state index contributed by atoms with van der Waals surface area (Å²) in [5.41, 5.74) is -0.219. The average Bonchev–Trinajstić information content (AvgIpc) is 2.77. The summed E-state index contributed by atoms with van der Waals surface area (Å²) in [6.45, 7) is 10.1. The maximum atomic E-state index is 11.9. The SMILES string of the molecule is CC(C)(C)OC(=O)NCCNCCOCCOCCOCCNC(=O)c1ccc([N+](=O)[O-])cc1. The molecule has 34 heavy (non-hydrogen) atoms. The molecule has 0 unspecified atom stereocenters. The van der Waals surface area contributed by atoms with Gasteiger partial charge in [0.05, 0.1) is 44.6 Å². The molecule has 0 aliphatic heterocycles. The number of nitro groups is 1. The first-order valence-electron chi connectivity index (χ1n) is 11.1. The monoisotopic (exact) mass is 484 g/mol. The van der Waals surface area contributed by atoms with Crippen LogP contribution in [0.2, 0.25) is 0 Å². The number of non-ortho nitro benzene ring substituents is 1. The molecule has 0 saturated carbocycles. The topological polar surface area (TPSA) is 150 Å². The summed E-state index contributed by atoms with van der Waals surface area (Å²) in [7, 11) is 0. The lowest BCUT2D eigenvalue weighted by Crippen LogP contribution is -2.37. The molecule has 3 N–H and O–H groups in total. The molecule has 0 bridgehead atoms. The minimum atomic E-state index is -0.516. The first-order chi connectivity index (χ1) is 16.2. The van der Waals surface area contributed by atoms with E-state index in [1.807, 2.05) is 20.8 Å². The quantitative estimate of drug-likeness (QED) is 0.170. The summed E-state index contributed by atoms with van der Waals surface area (Å²) < 4.78 is 21.3. The summed E-state index contributed by atoms with van der Waals surface area (Å²) in [6.07, 6.45) is -0.432. The molecular weight excluding hydrogens is 448 g/mol. The van der Waals surface area contributed by atoms with Crippen LogP contribution in [0.1, 0.15) is 31.1 Å². The number of carbonyl (C=O) groups excluding carboxylic acids is 2. The fraction of sp³-hybridized carbons (Fsp3) is 0.636. The summed E-state index contributed by atoms with van der Waals surface area (Å²) in [5.74, 6) is -0.319. The van der Waals surface area contributed by atoms with Crippen molar-refractivity contribution in [3.8, 4) is 0 Å². The maximum absolute atomic E-state index is 11.9. The van der Waals surface area contributed by atoms with Gasteiger partial charge in [-0.25, -0.2) is 4.79 Å². The molecule has 1 rings (SSSR count). The molecule has 0 aliphatic carbocycles. The van der Waals surface area contributed by atoms with Gasteiger partial charge in [-0.15, -0.1) is 0 Å². The van der Waals surface area contributed by atoms with Crippen LogP contribution < -0.4 is 16.0 Å². The van der Waals surface area contributed by atoms with Crippen LogP contribution in [0.4, 0.5) is 10.5 Å². The van der Waals surface area contributed by atoms with Crippen LogP contribution in [0, 0.1) is 10.1 Å². The van der Waals surface area contributed by atoms with Gasteiger partial charge >= 0.3 is 6.09 Å². The molecule has 0 atom stereocenters. The average molecular weight is 485 g/mol. The van der Waals surface area contributed by atoms with Crippen LogP contribution in [-0.2, 0) is 18.9 Å². The summed E-state index contributed by atoms with van der Waals surface area (Å²) in [6, 6.07) is 5.39. The van der Waals surface area contributed by atoms with Crippen LogP contribution in [0.3, 0.4) is 0 Å². The van der Waals surface area contributed by atoms with Crippen LogP contribution in [0.25, 0.3) is 0 Å². The predicted molar refractivity (Wildman–Crippen MR) is 125 cm³/mol. The number of benzene rings is 1. The van der Waals surface area contributed by atoms with E-state index in [1.165, 1.54) is 24.3 Å². The maximum Gasteiger partial charge on any atom is 0.407 e. The third-order valence-corrected chi connectivity index (χ3v) is 4.01. The molecule has 1 aromatic rings. The van der Waals surface area contributed by atoms with Crippen molar-refractivity contribution < 1.29 is 33.5 Å². The molecule has 12 heteroatoms. The van der Waals surface area contributed by atoms with Gasteiger partial charge in [-0.05, 0) is 32.9 Å². The fourth-order valence-electron chi connectivity index (χ4n) is 2.45. The van der Waals surface area contributed by atoms with E-state index in [-0.39, 0.29) is 11.6 Å². The van der Waals surface area contributed by atoms with Gasteiger partial charge in [-0.1, -0.05) is 0 Å². The second-order valence-corrected chi connectivity index (χ2v) is 8.08. The highest BCUT2D eigenvalue weighted by atomic mass is 16.6. The minimum absolute atomic E-state index is 0.0633. The van der Waals surface area contributed by atoms with Gasteiger partial charge in [0.25, 0.3) is 11.6 Å². The number of hydrogen-bond acceptors (Lipinski definition) is 9. The van der Waals surface area contributed by atoms with Crippen LogP contribution in [-0.4, -0.2) is 88.3 Å². The van der Waals surface area contributed by atoms with Gasteiger partial charge in [0.15, 0.2) is 0 Å². The van der Waals surface area contributed by atoms with E-state index in [9.17, 15) is 19.7 Å². The van der Waals surface area contributed by atoms with Gasteiger partial charge in [-0.3, -0.25) is 14.9 Å². The van der Waals surface area contributed by atoms with Crippen molar-refractivity contribution in [3.63, 3.8) is 0 Å². The van der Waals surface area contributed by atoms with E-state index in [1.54, 1.807) is 0 Å². The normalized spacial score (nSPS) is 11.1. The number of carbonyl (C=O) groups is 2. The van der Waals surface area contributed by atoms with E-state index < -0.39 is 16.6 Å². The van der Waals surface area contributed by atoms with Gasteiger partial charge in [0.1, 0.15) is 5.60 Å². The molecule has 1 aromatic carbocycles. The third-order valence-electron chi connectivity index (χ3n) is 4.01. The van der Waals surface area contributed by atoms with E-state index in [0.717, 1.165) is 0 Å². The Hall–Kier alpha value is -2.80. The Kier molecular flexibility index (Phi) is 14.4. The number of rotatable bonds is 17. The smallest absolute Gasteiger partial charge is 0.407 e. The minimum Gasteiger partial charge on any atom is -0.444 e. The molecule has 0 saturated heterocycles. The van der Waals surface area contributed by atoms with E-state index in [0.29, 0.717) is 71.4 Å². The van der Waals surface area contributed by atoms with Crippen molar-refractivity contribution in [2.45, 2.75) is 26.4 Å². The van der Waals surface area contributed by atoms with Gasteiger partial charge in [-0.2, -0.15) is 0 Å². The zero-order chi connectivity index (χ0) is 25.2. The molecule has 2 amide bonds. The van der Waals surface area contributed by atoms with E-state index in [2.05, 4.69) is 16.0 Å². The molecule has 0 fully saturated rings. The summed E-state index contributed by atoms with van der Waals surface area (Å²) in [4.78, 5) is 33.5. The molecule has 0 aromatic heterocycles. The number of amides is 2. The number of nitrogens with zero attached hydrogens (tertiary/aromatic N) is 1. The highest BCUT2D eigenvalue weighted by Gasteiger charge is 2.15. The van der Waals surface area contributed by atoms with Gasteiger partial charge in [0, 0.05) is 43.9 Å². The number of nitro benzene ring substituents is 1. The molecule has 0 spiro atoms. The zero-order valence-corrected chi connectivity index (χ0v) is 20.1. The molecule has 0 radical (unpaired) electrons. The predicted octanol–water partition coefficient (Wildman–Crippen LogP) is 1.49. The van der Waals surface area contributed by atoms with Crippen molar-refractivity contribution in [3.05, 3.63) is 39.9 Å². The summed E-state index contributed by atoms with van der Waals surface area (Å²) >= 11 is 0. The summed E-state index contributed by atoms with van der Waals surface area (Å²) in [5, 5.41) is 19.1. The second kappa shape index (κ2) is 16.8. The first kappa shape index (κ1) is 29.2. The lowest BCUT2D eigenvalue weighted by Gasteiger charge is -2.19. The van der Waals surface area contributed by atoms with Crippen molar-refractivity contribution in [1.82, 2.24) is 16.0 Å². The molecule has 0 aliphatic rings. The van der Waals surface area contributed by atoms with Crippen molar-refractivity contribution in [2.24, 2.45) is 0 Å².